The Morgan fingerprint density at radius 1 is 1.03 bits per heavy atom. The molecule has 2 unspecified atom stereocenters. The molecule has 0 bridgehead atoms. The summed E-state index contributed by atoms with van der Waals surface area (Å²) in [6, 6.07) is 18.4. The second kappa shape index (κ2) is 11.5. The Labute approximate surface area is 217 Å². The molecule has 9 nitrogen and oxygen atoms in total. The van der Waals surface area contributed by atoms with Crippen molar-refractivity contribution in [2.24, 2.45) is 5.73 Å². The van der Waals surface area contributed by atoms with Gasteiger partial charge >= 0.3 is 5.97 Å². The average molecular weight is 521 g/mol. The molecule has 3 aromatic rings. The zero-order chi connectivity index (χ0) is 26.5. The lowest BCUT2D eigenvalue weighted by Gasteiger charge is -2.41. The number of carboxylic acid groups (broad SMARTS) is 1. The maximum absolute atomic E-state index is 11.9. The number of nitrogens with two attached hydrogens (primary N) is 1. The Bertz CT molecular complexity index is 1390. The fraction of sp³-hybridized carbons (Fsp3) is 0.259. The van der Waals surface area contributed by atoms with E-state index in [4.69, 9.17) is 10.8 Å². The van der Waals surface area contributed by atoms with Gasteiger partial charge < -0.3 is 15.7 Å². The molecule has 1 saturated heterocycles. The second-order valence-electron chi connectivity index (χ2n) is 8.83. The fourth-order valence-electron chi connectivity index (χ4n) is 4.50. The number of rotatable bonds is 7. The van der Waals surface area contributed by atoms with Crippen LogP contribution in [0, 0.1) is 11.8 Å². The van der Waals surface area contributed by atoms with Gasteiger partial charge in [0.15, 0.2) is 0 Å². The molecule has 37 heavy (non-hydrogen) atoms. The molecule has 4 N–H and O–H groups in total. The second-order valence-corrected chi connectivity index (χ2v) is 9.66. The lowest BCUT2D eigenvalue weighted by atomic mass is 10.0. The largest absolute Gasteiger partial charge is 0.481 e. The van der Waals surface area contributed by atoms with E-state index in [-0.39, 0.29) is 6.42 Å². The molecule has 0 saturated carbocycles. The smallest absolute Gasteiger partial charge is 0.305 e. The number of nitrogens with zero attached hydrogens (tertiary/aromatic N) is 3. The van der Waals surface area contributed by atoms with E-state index in [9.17, 15) is 18.4 Å². The maximum Gasteiger partial charge on any atom is 0.305 e. The van der Waals surface area contributed by atoms with Gasteiger partial charge in [-0.05, 0) is 54.1 Å². The van der Waals surface area contributed by atoms with Gasteiger partial charge in [0, 0.05) is 54.6 Å². The number of carbonyl (C=O) groups excluding carboxylic acids is 1. The van der Waals surface area contributed by atoms with Crippen LogP contribution in [-0.4, -0.2) is 67.4 Å². The van der Waals surface area contributed by atoms with Crippen molar-refractivity contribution < 1.29 is 23.5 Å². The van der Waals surface area contributed by atoms with Crippen molar-refractivity contribution in [2.45, 2.75) is 19.4 Å². The number of carboxylic acids is 1. The van der Waals surface area contributed by atoms with Crippen molar-refractivity contribution in [1.29, 1.82) is 0 Å². The van der Waals surface area contributed by atoms with Crippen LogP contribution in [0.2, 0.25) is 0 Å². The number of carbonyl (C=O) groups is 2. The predicted octanol–water partition coefficient (Wildman–Crippen LogP) is 2.68. The number of amides is 1. The molecule has 3 aromatic carbocycles. The average Bonchev–Trinajstić information content (AvgIpc) is 2.87. The Kier molecular flexibility index (Phi) is 8.21. The minimum atomic E-state index is -2.30. The summed E-state index contributed by atoms with van der Waals surface area (Å²) in [5.74, 6) is 4.75. The highest BCUT2D eigenvalue weighted by Crippen LogP contribution is 2.22. The number of hydrogen-bond donors (Lipinski definition) is 3. The summed E-state index contributed by atoms with van der Waals surface area (Å²) in [6.07, 6.45) is -0.224. The third-order valence-electron chi connectivity index (χ3n) is 6.25. The monoisotopic (exact) mass is 520 g/mol. The molecule has 1 heterocycles. The van der Waals surface area contributed by atoms with E-state index in [0.29, 0.717) is 37.3 Å². The molecule has 0 aliphatic carbocycles. The van der Waals surface area contributed by atoms with Crippen LogP contribution in [0.15, 0.2) is 60.7 Å². The Hall–Kier alpha value is -3.75. The summed E-state index contributed by atoms with van der Waals surface area (Å²) in [6.45, 7) is 3.84. The van der Waals surface area contributed by atoms with Gasteiger partial charge in [-0.3, -0.25) is 14.1 Å². The fourth-order valence-corrected chi connectivity index (χ4v) is 5.24. The number of aliphatic carboxylic acids is 1. The predicted molar refractivity (Wildman–Crippen MR) is 143 cm³/mol. The molecule has 1 fully saturated rings. The summed E-state index contributed by atoms with van der Waals surface area (Å²) in [5.41, 5.74) is 8.54. The maximum atomic E-state index is 11.9. The van der Waals surface area contributed by atoms with Crippen molar-refractivity contribution in [2.75, 3.05) is 31.1 Å². The van der Waals surface area contributed by atoms with Crippen LogP contribution in [0.3, 0.4) is 0 Å². The normalized spacial score (nSPS) is 15.7. The van der Waals surface area contributed by atoms with Gasteiger partial charge in [-0.15, -0.1) is 4.41 Å². The summed E-state index contributed by atoms with van der Waals surface area (Å²) < 4.78 is 22.8. The highest BCUT2D eigenvalue weighted by Gasteiger charge is 2.30. The van der Waals surface area contributed by atoms with Crippen molar-refractivity contribution in [3.05, 3.63) is 77.4 Å². The van der Waals surface area contributed by atoms with E-state index in [1.807, 2.05) is 54.6 Å². The van der Waals surface area contributed by atoms with E-state index in [1.54, 1.807) is 18.0 Å². The van der Waals surface area contributed by atoms with Crippen LogP contribution in [-0.2, 0) is 16.1 Å². The first-order chi connectivity index (χ1) is 17.7. The van der Waals surface area contributed by atoms with Crippen LogP contribution in [0.1, 0.15) is 34.8 Å². The Balaban J connectivity index is 1.43. The van der Waals surface area contributed by atoms with Crippen LogP contribution in [0.25, 0.3) is 10.8 Å². The molecule has 1 aliphatic rings. The van der Waals surface area contributed by atoms with E-state index >= 15 is 0 Å². The van der Waals surface area contributed by atoms with Crippen molar-refractivity contribution in [3.8, 4) is 11.8 Å². The SMILES string of the molecule is CC(CC(=O)O)N(N1CCN(c2ccc(C#Cc3cc(C(N)=O)c4ccccc4c3)cc2)CC1)S(=O)O. The van der Waals surface area contributed by atoms with Crippen LogP contribution in [0.4, 0.5) is 5.69 Å². The third kappa shape index (κ3) is 6.34. The number of fused-ring (bicyclic) bond motifs is 1. The van der Waals surface area contributed by atoms with Crippen molar-refractivity contribution in [1.82, 2.24) is 9.42 Å². The number of anilines is 1. The molecule has 0 radical (unpaired) electrons. The number of benzene rings is 3. The molecule has 192 valence electrons. The standard InChI is InChI=1S/C27H28N4O5S/c1-19(16-26(32)33)31(37(35)36)30-14-12-29(13-15-30)23-10-8-20(9-11-23)6-7-21-17-22-4-2-3-5-24(22)25(18-21)27(28)34/h2-5,8-11,17-19H,12-16H2,1H3,(H2,28,34)(H,32,33)(H,35,36). The van der Waals surface area contributed by atoms with Gasteiger partial charge in [-0.2, -0.15) is 0 Å². The van der Waals surface area contributed by atoms with Gasteiger partial charge in [0.05, 0.1) is 6.42 Å². The lowest BCUT2D eigenvalue weighted by Crippen LogP contribution is -2.57. The molecular formula is C27H28N4O5S. The van der Waals surface area contributed by atoms with Crippen LogP contribution in [0.5, 0.6) is 0 Å². The molecule has 4 rings (SSSR count). The first-order valence-corrected chi connectivity index (χ1v) is 12.9. The van der Waals surface area contributed by atoms with E-state index in [1.165, 1.54) is 4.41 Å². The van der Waals surface area contributed by atoms with E-state index in [2.05, 4.69) is 16.7 Å². The number of piperazine rings is 1. The first-order valence-electron chi connectivity index (χ1n) is 11.8. The van der Waals surface area contributed by atoms with Crippen LogP contribution < -0.4 is 10.6 Å². The summed E-state index contributed by atoms with van der Waals surface area (Å²) in [5, 5.41) is 12.5. The molecule has 2 atom stereocenters. The first kappa shape index (κ1) is 26.3. The van der Waals surface area contributed by atoms with Crippen molar-refractivity contribution >= 4 is 39.6 Å². The third-order valence-corrected chi connectivity index (χ3v) is 7.16. The van der Waals surface area contributed by atoms with Gasteiger partial charge in [-0.1, -0.05) is 36.1 Å². The minimum absolute atomic E-state index is 0.224. The van der Waals surface area contributed by atoms with E-state index in [0.717, 1.165) is 22.0 Å². The van der Waals surface area contributed by atoms with Gasteiger partial charge in [0.2, 0.25) is 17.2 Å². The number of primary amides is 1. The van der Waals surface area contributed by atoms with Crippen LogP contribution >= 0.6 is 0 Å². The zero-order valence-corrected chi connectivity index (χ0v) is 21.1. The topological polar surface area (TPSA) is 127 Å². The molecule has 1 aliphatic heterocycles. The summed E-state index contributed by atoms with van der Waals surface area (Å²) in [4.78, 5) is 25.1. The summed E-state index contributed by atoms with van der Waals surface area (Å²) >= 11 is -2.30. The molecular weight excluding hydrogens is 492 g/mol. The van der Waals surface area contributed by atoms with Gasteiger partial charge in [-0.25, -0.2) is 9.22 Å². The molecule has 1 amide bonds. The van der Waals surface area contributed by atoms with Crippen molar-refractivity contribution in [3.63, 3.8) is 0 Å². The lowest BCUT2D eigenvalue weighted by molar-refractivity contribution is -0.139. The Morgan fingerprint density at radius 2 is 1.68 bits per heavy atom. The molecule has 0 spiro atoms. The highest BCUT2D eigenvalue weighted by molar-refractivity contribution is 7.76. The minimum Gasteiger partial charge on any atom is -0.481 e. The molecule has 0 aromatic heterocycles. The quantitative estimate of drug-likeness (QED) is 0.323. The highest BCUT2D eigenvalue weighted by atomic mass is 32.2. The Morgan fingerprint density at radius 3 is 2.30 bits per heavy atom. The van der Waals surface area contributed by atoms with Gasteiger partial charge in [0.1, 0.15) is 0 Å². The summed E-state index contributed by atoms with van der Waals surface area (Å²) in [7, 11) is 0. The van der Waals surface area contributed by atoms with Gasteiger partial charge in [0.25, 0.3) is 0 Å². The molecule has 10 heteroatoms. The number of hydrogen-bond acceptors (Lipinski definition) is 5. The number of hydrazine groups is 1. The zero-order valence-electron chi connectivity index (χ0n) is 20.3. The van der Waals surface area contributed by atoms with E-state index < -0.39 is 29.2 Å².